The van der Waals surface area contributed by atoms with E-state index in [9.17, 15) is 8.42 Å². The van der Waals surface area contributed by atoms with Crippen LogP contribution in [-0.2, 0) is 10.0 Å². The van der Waals surface area contributed by atoms with Crippen molar-refractivity contribution in [3.63, 3.8) is 0 Å². The Labute approximate surface area is 112 Å². The number of aliphatic hydroxyl groups is 1. The van der Waals surface area contributed by atoms with Crippen LogP contribution in [0.15, 0.2) is 23.1 Å². The van der Waals surface area contributed by atoms with E-state index < -0.39 is 10.0 Å². The zero-order valence-corrected chi connectivity index (χ0v) is 11.3. The molecule has 0 saturated carbocycles. The lowest BCUT2D eigenvalue weighted by atomic mass is 10.3. The summed E-state index contributed by atoms with van der Waals surface area (Å²) in [6.45, 7) is 1.22. The predicted molar refractivity (Wildman–Crippen MR) is 68.9 cm³/mol. The molecule has 0 bridgehead atoms. The van der Waals surface area contributed by atoms with Crippen molar-refractivity contribution in [3.8, 4) is 11.5 Å². The Morgan fingerprint density at radius 3 is 2.68 bits per heavy atom. The molecule has 0 saturated heterocycles. The molecule has 2 N–H and O–H groups in total. The minimum atomic E-state index is -3.57. The van der Waals surface area contributed by atoms with E-state index in [1.54, 1.807) is 6.07 Å². The van der Waals surface area contributed by atoms with Crippen LogP contribution in [0.2, 0.25) is 0 Å². The molecule has 1 aliphatic rings. The van der Waals surface area contributed by atoms with Gasteiger partial charge in [0.25, 0.3) is 0 Å². The van der Waals surface area contributed by atoms with Gasteiger partial charge in [-0.1, -0.05) is 0 Å². The molecule has 7 heteroatoms. The lowest BCUT2D eigenvalue weighted by Gasteiger charge is -2.10. The first kappa shape index (κ1) is 14.1. The first-order chi connectivity index (χ1) is 9.13. The molecular formula is C12H17NO5S. The predicted octanol–water partition coefficient (Wildman–Crippen LogP) is 0.509. The van der Waals surface area contributed by atoms with Gasteiger partial charge in [0, 0.05) is 25.6 Å². The highest BCUT2D eigenvalue weighted by molar-refractivity contribution is 7.89. The number of sulfonamides is 1. The van der Waals surface area contributed by atoms with Crippen molar-refractivity contribution in [1.82, 2.24) is 4.72 Å². The van der Waals surface area contributed by atoms with Gasteiger partial charge in [0.1, 0.15) is 0 Å². The maximum atomic E-state index is 12.0. The monoisotopic (exact) mass is 287 g/mol. The summed E-state index contributed by atoms with van der Waals surface area (Å²) in [5.74, 6) is 1.01. The second-order valence-corrected chi connectivity index (χ2v) is 5.90. The van der Waals surface area contributed by atoms with Crippen molar-refractivity contribution >= 4 is 10.0 Å². The Hall–Kier alpha value is -1.31. The molecule has 0 fully saturated rings. The van der Waals surface area contributed by atoms with Crippen LogP contribution in [0, 0.1) is 0 Å². The molecule has 19 heavy (non-hydrogen) atoms. The van der Waals surface area contributed by atoms with E-state index >= 15 is 0 Å². The number of benzene rings is 1. The summed E-state index contributed by atoms with van der Waals surface area (Å²) >= 11 is 0. The number of hydrogen-bond donors (Lipinski definition) is 2. The van der Waals surface area contributed by atoms with Crippen LogP contribution in [0.25, 0.3) is 0 Å². The third-order valence-corrected chi connectivity index (χ3v) is 4.11. The van der Waals surface area contributed by atoms with Crippen LogP contribution in [0.4, 0.5) is 0 Å². The normalized spacial score (nSPS) is 15.0. The molecule has 0 spiro atoms. The molecule has 1 aromatic rings. The summed E-state index contributed by atoms with van der Waals surface area (Å²) in [7, 11) is -3.57. The first-order valence-corrected chi connectivity index (χ1v) is 7.62. The van der Waals surface area contributed by atoms with Crippen LogP contribution in [0.1, 0.15) is 12.8 Å². The highest BCUT2D eigenvalue weighted by atomic mass is 32.2. The van der Waals surface area contributed by atoms with E-state index in [0.29, 0.717) is 31.1 Å². The van der Waals surface area contributed by atoms with Crippen molar-refractivity contribution in [1.29, 1.82) is 0 Å². The largest absolute Gasteiger partial charge is 0.490 e. The number of fused-ring (bicyclic) bond motifs is 1. The topological polar surface area (TPSA) is 84.9 Å². The van der Waals surface area contributed by atoms with Gasteiger partial charge >= 0.3 is 0 Å². The van der Waals surface area contributed by atoms with Crippen LogP contribution in [0.5, 0.6) is 11.5 Å². The lowest BCUT2D eigenvalue weighted by molar-refractivity contribution is 0.289. The van der Waals surface area contributed by atoms with Crippen LogP contribution in [-0.4, -0.2) is 39.9 Å². The Balaban J connectivity index is 2.18. The Bertz CT molecular complexity index is 529. The molecule has 0 atom stereocenters. The average Bonchev–Trinajstić information content (AvgIpc) is 2.63. The smallest absolute Gasteiger partial charge is 0.240 e. The highest BCUT2D eigenvalue weighted by Gasteiger charge is 2.18. The third kappa shape index (κ3) is 3.59. The van der Waals surface area contributed by atoms with Crippen molar-refractivity contribution in [3.05, 3.63) is 18.2 Å². The number of nitrogens with one attached hydrogen (secondary N) is 1. The van der Waals surface area contributed by atoms with Crippen molar-refractivity contribution in [2.75, 3.05) is 26.4 Å². The van der Waals surface area contributed by atoms with E-state index in [0.717, 1.165) is 6.42 Å². The second kappa shape index (κ2) is 6.23. The van der Waals surface area contributed by atoms with Gasteiger partial charge < -0.3 is 14.6 Å². The van der Waals surface area contributed by atoms with E-state index in [-0.39, 0.29) is 18.0 Å². The second-order valence-electron chi connectivity index (χ2n) is 4.13. The average molecular weight is 287 g/mol. The van der Waals surface area contributed by atoms with Gasteiger partial charge in [0.05, 0.1) is 18.1 Å². The van der Waals surface area contributed by atoms with Gasteiger partial charge in [-0.25, -0.2) is 13.1 Å². The molecule has 0 amide bonds. The highest BCUT2D eigenvalue weighted by Crippen LogP contribution is 2.31. The van der Waals surface area contributed by atoms with Crippen molar-refractivity contribution in [2.45, 2.75) is 17.7 Å². The van der Waals surface area contributed by atoms with Gasteiger partial charge in [-0.3, -0.25) is 0 Å². The third-order valence-electron chi connectivity index (χ3n) is 2.66. The summed E-state index contributed by atoms with van der Waals surface area (Å²) in [6, 6.07) is 4.54. The number of aliphatic hydroxyl groups excluding tert-OH is 1. The fourth-order valence-electron chi connectivity index (χ4n) is 1.68. The molecule has 6 nitrogen and oxygen atoms in total. The molecule has 1 aromatic carbocycles. The molecule has 0 aromatic heterocycles. The molecule has 2 rings (SSSR count). The minimum absolute atomic E-state index is 0.0519. The summed E-state index contributed by atoms with van der Waals surface area (Å²) in [5, 5.41) is 8.65. The van der Waals surface area contributed by atoms with Gasteiger partial charge in [-0.15, -0.1) is 0 Å². The van der Waals surface area contributed by atoms with E-state index in [4.69, 9.17) is 14.6 Å². The molecular weight excluding hydrogens is 270 g/mol. The number of ether oxygens (including phenoxy) is 2. The fraction of sp³-hybridized carbons (Fsp3) is 0.500. The van der Waals surface area contributed by atoms with E-state index in [2.05, 4.69) is 4.72 Å². The van der Waals surface area contributed by atoms with Gasteiger partial charge in [0.2, 0.25) is 10.0 Å². The zero-order chi connectivity index (χ0) is 13.7. The van der Waals surface area contributed by atoms with Crippen LogP contribution < -0.4 is 14.2 Å². The lowest BCUT2D eigenvalue weighted by Crippen LogP contribution is -2.25. The molecule has 1 heterocycles. The molecule has 1 aliphatic heterocycles. The summed E-state index contributed by atoms with van der Waals surface area (Å²) in [4.78, 5) is 0.134. The molecule has 106 valence electrons. The van der Waals surface area contributed by atoms with Crippen molar-refractivity contribution < 1.29 is 23.0 Å². The Morgan fingerprint density at radius 1 is 1.21 bits per heavy atom. The summed E-state index contributed by atoms with van der Waals surface area (Å²) in [5.41, 5.74) is 0. The zero-order valence-electron chi connectivity index (χ0n) is 10.5. The first-order valence-electron chi connectivity index (χ1n) is 6.13. The standard InChI is InChI=1S/C12H17NO5S/c14-6-1-5-13-19(15,16)10-3-4-11-12(9-10)18-8-2-7-17-11/h3-4,9,13-14H,1-2,5-8H2. The fourth-order valence-corrected chi connectivity index (χ4v) is 2.77. The van der Waals surface area contributed by atoms with Gasteiger partial charge in [-0.05, 0) is 18.6 Å². The molecule has 0 unspecified atom stereocenters. The number of hydrogen-bond acceptors (Lipinski definition) is 5. The van der Waals surface area contributed by atoms with Gasteiger partial charge in [0.15, 0.2) is 11.5 Å². The maximum Gasteiger partial charge on any atom is 0.240 e. The maximum absolute atomic E-state index is 12.0. The van der Waals surface area contributed by atoms with Gasteiger partial charge in [-0.2, -0.15) is 0 Å². The summed E-state index contributed by atoms with van der Waals surface area (Å²) in [6.07, 6.45) is 1.15. The van der Waals surface area contributed by atoms with Crippen LogP contribution >= 0.6 is 0 Å². The van der Waals surface area contributed by atoms with Crippen LogP contribution in [0.3, 0.4) is 0 Å². The van der Waals surface area contributed by atoms with E-state index in [1.165, 1.54) is 12.1 Å². The minimum Gasteiger partial charge on any atom is -0.490 e. The quantitative estimate of drug-likeness (QED) is 0.771. The number of rotatable bonds is 5. The summed E-state index contributed by atoms with van der Waals surface area (Å²) < 4.78 is 37.3. The molecule has 0 aliphatic carbocycles. The van der Waals surface area contributed by atoms with E-state index in [1.807, 2.05) is 0 Å². The van der Waals surface area contributed by atoms with Crippen molar-refractivity contribution in [2.24, 2.45) is 0 Å². The Kier molecular flexibility index (Phi) is 4.62. The molecule has 0 radical (unpaired) electrons. The Morgan fingerprint density at radius 2 is 1.95 bits per heavy atom. The SMILES string of the molecule is O=S(=O)(NCCCO)c1ccc2c(c1)OCCCO2.